The lowest BCUT2D eigenvalue weighted by molar-refractivity contribution is 0.461. The molecule has 0 unspecified atom stereocenters. The number of rotatable bonds is 6. The van der Waals surface area contributed by atoms with Crippen LogP contribution in [-0.2, 0) is 5.41 Å². The second-order valence-corrected chi connectivity index (χ2v) is 7.38. The first-order valence-corrected chi connectivity index (χ1v) is 8.60. The first-order chi connectivity index (χ1) is 9.06. The van der Waals surface area contributed by atoms with E-state index in [1.54, 1.807) is 0 Å². The van der Waals surface area contributed by atoms with E-state index in [1.807, 2.05) is 11.3 Å². The molecule has 0 aliphatic carbocycles. The van der Waals surface area contributed by atoms with Crippen LogP contribution in [0.1, 0.15) is 39.2 Å². The Morgan fingerprint density at radius 3 is 2.79 bits per heavy atom. The van der Waals surface area contributed by atoms with Gasteiger partial charge >= 0.3 is 0 Å². The molecule has 1 aromatic heterocycles. The summed E-state index contributed by atoms with van der Waals surface area (Å²) in [4.78, 5) is 0. The van der Waals surface area contributed by atoms with E-state index in [2.05, 4.69) is 65.6 Å². The van der Waals surface area contributed by atoms with Crippen molar-refractivity contribution in [3.8, 4) is 0 Å². The van der Waals surface area contributed by atoms with Gasteiger partial charge in [0.1, 0.15) is 0 Å². The normalized spacial score (nSPS) is 12.2. The van der Waals surface area contributed by atoms with Gasteiger partial charge in [-0.1, -0.05) is 32.9 Å². The van der Waals surface area contributed by atoms with Crippen molar-refractivity contribution in [1.82, 2.24) is 5.32 Å². The van der Waals surface area contributed by atoms with E-state index in [-0.39, 0.29) is 5.41 Å². The van der Waals surface area contributed by atoms with Crippen molar-refractivity contribution >= 4 is 37.4 Å². The quantitative estimate of drug-likeness (QED) is 0.701. The molecule has 0 amide bonds. The maximum absolute atomic E-state index is 3.65. The standard InChI is InChI=1S/C16H22BrNS/c1-4-9-18-10-8-16(2,3)13-11-19-15-12(13)6-5-7-14(15)17/h5-7,11,18H,4,8-10H2,1-3H3. The van der Waals surface area contributed by atoms with Crippen molar-refractivity contribution in [3.05, 3.63) is 33.6 Å². The molecule has 104 valence electrons. The van der Waals surface area contributed by atoms with Crippen LogP contribution in [0.2, 0.25) is 0 Å². The molecule has 0 saturated carbocycles. The minimum Gasteiger partial charge on any atom is -0.317 e. The van der Waals surface area contributed by atoms with Crippen molar-refractivity contribution in [2.45, 2.75) is 39.0 Å². The molecule has 1 N–H and O–H groups in total. The fraction of sp³-hybridized carbons (Fsp3) is 0.500. The van der Waals surface area contributed by atoms with Gasteiger partial charge in [0.15, 0.2) is 0 Å². The lowest BCUT2D eigenvalue weighted by Crippen LogP contribution is -2.25. The highest BCUT2D eigenvalue weighted by atomic mass is 79.9. The summed E-state index contributed by atoms with van der Waals surface area (Å²) in [7, 11) is 0. The number of fused-ring (bicyclic) bond motifs is 1. The van der Waals surface area contributed by atoms with Crippen molar-refractivity contribution < 1.29 is 0 Å². The SMILES string of the molecule is CCCNCCC(C)(C)c1csc2c(Br)cccc12. The molecule has 2 aromatic rings. The second kappa shape index (κ2) is 6.38. The summed E-state index contributed by atoms with van der Waals surface area (Å²) in [5, 5.41) is 7.24. The Labute approximate surface area is 128 Å². The Kier molecular flexibility index (Phi) is 5.04. The largest absolute Gasteiger partial charge is 0.317 e. The van der Waals surface area contributed by atoms with Crippen LogP contribution in [-0.4, -0.2) is 13.1 Å². The number of hydrogen-bond donors (Lipinski definition) is 1. The third-order valence-corrected chi connectivity index (χ3v) is 5.59. The highest BCUT2D eigenvalue weighted by molar-refractivity contribution is 9.10. The van der Waals surface area contributed by atoms with Crippen LogP contribution in [0.25, 0.3) is 10.1 Å². The smallest absolute Gasteiger partial charge is 0.0487 e. The number of hydrogen-bond acceptors (Lipinski definition) is 2. The zero-order valence-corrected chi connectivity index (χ0v) is 14.3. The highest BCUT2D eigenvalue weighted by Gasteiger charge is 2.23. The maximum atomic E-state index is 3.65. The first-order valence-electron chi connectivity index (χ1n) is 6.93. The summed E-state index contributed by atoms with van der Waals surface area (Å²) in [6.45, 7) is 9.12. The molecule has 3 heteroatoms. The average molecular weight is 340 g/mol. The van der Waals surface area contributed by atoms with Gasteiger partial charge in [-0.3, -0.25) is 0 Å². The van der Waals surface area contributed by atoms with Crippen LogP contribution in [0.5, 0.6) is 0 Å². The predicted octanol–water partition coefficient (Wildman–Crippen LogP) is 5.33. The monoisotopic (exact) mass is 339 g/mol. The Bertz CT molecular complexity index is 545. The molecule has 0 fully saturated rings. The molecule has 0 aliphatic heterocycles. The van der Waals surface area contributed by atoms with E-state index in [4.69, 9.17) is 0 Å². The molecule has 2 rings (SSSR count). The van der Waals surface area contributed by atoms with E-state index < -0.39 is 0 Å². The van der Waals surface area contributed by atoms with Gasteiger partial charge in [-0.05, 0) is 69.7 Å². The van der Waals surface area contributed by atoms with E-state index in [0.717, 1.165) is 13.1 Å². The molecule has 0 saturated heterocycles. The maximum Gasteiger partial charge on any atom is 0.0487 e. The minimum atomic E-state index is 0.222. The Morgan fingerprint density at radius 2 is 2.05 bits per heavy atom. The zero-order chi connectivity index (χ0) is 13.9. The van der Waals surface area contributed by atoms with Crippen LogP contribution in [0.4, 0.5) is 0 Å². The van der Waals surface area contributed by atoms with Crippen molar-refractivity contribution in [2.75, 3.05) is 13.1 Å². The van der Waals surface area contributed by atoms with Crippen LogP contribution < -0.4 is 5.32 Å². The van der Waals surface area contributed by atoms with Crippen molar-refractivity contribution in [3.63, 3.8) is 0 Å². The molecule has 0 bridgehead atoms. The van der Waals surface area contributed by atoms with Gasteiger partial charge < -0.3 is 5.32 Å². The molecule has 1 heterocycles. The van der Waals surface area contributed by atoms with Gasteiger partial charge in [0.25, 0.3) is 0 Å². The lowest BCUT2D eigenvalue weighted by Gasteiger charge is -2.25. The van der Waals surface area contributed by atoms with Gasteiger partial charge in [0.05, 0.1) is 0 Å². The third kappa shape index (κ3) is 3.39. The highest BCUT2D eigenvalue weighted by Crippen LogP contribution is 2.39. The van der Waals surface area contributed by atoms with Gasteiger partial charge in [0, 0.05) is 9.17 Å². The van der Waals surface area contributed by atoms with Gasteiger partial charge in [-0.15, -0.1) is 11.3 Å². The van der Waals surface area contributed by atoms with Gasteiger partial charge in [-0.2, -0.15) is 0 Å². The minimum absolute atomic E-state index is 0.222. The molecule has 0 atom stereocenters. The summed E-state index contributed by atoms with van der Waals surface area (Å²) in [5.74, 6) is 0. The van der Waals surface area contributed by atoms with Crippen molar-refractivity contribution in [2.24, 2.45) is 0 Å². The predicted molar refractivity (Wildman–Crippen MR) is 90.3 cm³/mol. The van der Waals surface area contributed by atoms with Crippen LogP contribution in [0, 0.1) is 0 Å². The molecule has 1 nitrogen and oxygen atoms in total. The summed E-state index contributed by atoms with van der Waals surface area (Å²) in [5.41, 5.74) is 1.70. The Hall–Kier alpha value is -0.380. The van der Waals surface area contributed by atoms with Gasteiger partial charge in [-0.25, -0.2) is 0 Å². The van der Waals surface area contributed by atoms with Crippen LogP contribution in [0.15, 0.2) is 28.1 Å². The summed E-state index contributed by atoms with van der Waals surface area (Å²) >= 11 is 5.49. The molecular formula is C16H22BrNS. The molecule has 0 aliphatic rings. The average Bonchev–Trinajstić information content (AvgIpc) is 2.81. The topological polar surface area (TPSA) is 12.0 Å². The van der Waals surface area contributed by atoms with Crippen molar-refractivity contribution in [1.29, 1.82) is 0 Å². The Balaban J connectivity index is 2.20. The van der Waals surface area contributed by atoms with E-state index in [1.165, 1.54) is 33.0 Å². The molecule has 19 heavy (non-hydrogen) atoms. The van der Waals surface area contributed by atoms with E-state index >= 15 is 0 Å². The van der Waals surface area contributed by atoms with E-state index in [0.29, 0.717) is 0 Å². The number of halogens is 1. The molecule has 1 aromatic carbocycles. The van der Waals surface area contributed by atoms with Gasteiger partial charge in [0.2, 0.25) is 0 Å². The van der Waals surface area contributed by atoms with E-state index in [9.17, 15) is 0 Å². The fourth-order valence-electron chi connectivity index (χ4n) is 2.38. The fourth-order valence-corrected chi connectivity index (χ4v) is 4.20. The third-order valence-electron chi connectivity index (χ3n) is 3.63. The van der Waals surface area contributed by atoms with Crippen LogP contribution in [0.3, 0.4) is 0 Å². The summed E-state index contributed by atoms with van der Waals surface area (Å²) < 4.78 is 2.58. The molecule has 0 spiro atoms. The number of nitrogens with one attached hydrogen (secondary N) is 1. The molecular weight excluding hydrogens is 318 g/mol. The molecule has 0 radical (unpaired) electrons. The zero-order valence-electron chi connectivity index (χ0n) is 11.9. The summed E-state index contributed by atoms with van der Waals surface area (Å²) in [6.07, 6.45) is 2.38. The Morgan fingerprint density at radius 1 is 1.26 bits per heavy atom. The first kappa shape index (κ1) is 15.0. The summed E-state index contributed by atoms with van der Waals surface area (Å²) in [6, 6.07) is 6.50. The lowest BCUT2D eigenvalue weighted by atomic mass is 9.81. The van der Waals surface area contributed by atoms with Crippen LogP contribution >= 0.6 is 27.3 Å². The number of thiophene rings is 1. The second-order valence-electron chi connectivity index (χ2n) is 5.65. The number of benzene rings is 1.